The zero-order valence-electron chi connectivity index (χ0n) is 8.46. The van der Waals surface area contributed by atoms with Crippen molar-refractivity contribution in [1.29, 1.82) is 0 Å². The second-order valence-electron chi connectivity index (χ2n) is 3.85. The minimum atomic E-state index is 0.298. The fourth-order valence-electron chi connectivity index (χ4n) is 1.78. The van der Waals surface area contributed by atoms with Gasteiger partial charge in [0, 0.05) is 19.5 Å². The van der Waals surface area contributed by atoms with Gasteiger partial charge >= 0.3 is 0 Å². The highest BCUT2D eigenvalue weighted by atomic mass is 16.2. The standard InChI is InChI=1S/C10H20N2O/c1-2-3-4-5-12-8-9(7-11)6-10(12)13/h9H,2-8,11H2,1H3. The molecule has 0 aromatic heterocycles. The molecule has 3 heteroatoms. The number of amides is 1. The van der Waals surface area contributed by atoms with Crippen molar-refractivity contribution >= 4 is 5.91 Å². The molecule has 1 aliphatic heterocycles. The highest BCUT2D eigenvalue weighted by molar-refractivity contribution is 5.78. The highest BCUT2D eigenvalue weighted by Crippen LogP contribution is 2.16. The molecule has 3 nitrogen and oxygen atoms in total. The van der Waals surface area contributed by atoms with E-state index in [-0.39, 0.29) is 0 Å². The summed E-state index contributed by atoms with van der Waals surface area (Å²) in [5.74, 6) is 0.709. The first-order chi connectivity index (χ1) is 6.27. The van der Waals surface area contributed by atoms with Crippen molar-refractivity contribution in [2.24, 2.45) is 11.7 Å². The summed E-state index contributed by atoms with van der Waals surface area (Å²) in [5, 5.41) is 0. The SMILES string of the molecule is CCCCCN1CC(CN)CC1=O. The van der Waals surface area contributed by atoms with Crippen molar-refractivity contribution in [3.05, 3.63) is 0 Å². The molecule has 0 bridgehead atoms. The predicted octanol–water partition coefficient (Wildman–Crippen LogP) is 0.984. The molecule has 0 saturated carbocycles. The van der Waals surface area contributed by atoms with Gasteiger partial charge in [-0.1, -0.05) is 19.8 Å². The third-order valence-electron chi connectivity index (χ3n) is 2.66. The normalized spacial score (nSPS) is 22.8. The van der Waals surface area contributed by atoms with Crippen LogP contribution in [0.2, 0.25) is 0 Å². The highest BCUT2D eigenvalue weighted by Gasteiger charge is 2.27. The molecular weight excluding hydrogens is 164 g/mol. The number of nitrogens with zero attached hydrogens (tertiary/aromatic N) is 1. The van der Waals surface area contributed by atoms with E-state index in [1.165, 1.54) is 12.8 Å². The molecule has 2 N–H and O–H groups in total. The van der Waals surface area contributed by atoms with Gasteiger partial charge < -0.3 is 10.6 Å². The quantitative estimate of drug-likeness (QED) is 0.647. The molecule has 1 fully saturated rings. The Morgan fingerprint density at radius 1 is 1.54 bits per heavy atom. The number of hydrogen-bond acceptors (Lipinski definition) is 2. The number of likely N-dealkylation sites (tertiary alicyclic amines) is 1. The number of unbranched alkanes of at least 4 members (excludes halogenated alkanes) is 2. The predicted molar refractivity (Wildman–Crippen MR) is 53.3 cm³/mol. The van der Waals surface area contributed by atoms with Gasteiger partial charge in [0.25, 0.3) is 0 Å². The minimum Gasteiger partial charge on any atom is -0.342 e. The third-order valence-corrected chi connectivity index (χ3v) is 2.66. The molecule has 76 valence electrons. The summed E-state index contributed by atoms with van der Waals surface area (Å²) >= 11 is 0. The monoisotopic (exact) mass is 184 g/mol. The Morgan fingerprint density at radius 2 is 2.31 bits per heavy atom. The third kappa shape index (κ3) is 2.99. The molecular formula is C10H20N2O. The largest absolute Gasteiger partial charge is 0.342 e. The van der Waals surface area contributed by atoms with Crippen LogP contribution in [0, 0.1) is 5.92 Å². The van der Waals surface area contributed by atoms with E-state index in [2.05, 4.69) is 6.92 Å². The summed E-state index contributed by atoms with van der Waals surface area (Å²) in [7, 11) is 0. The number of hydrogen-bond donors (Lipinski definition) is 1. The van der Waals surface area contributed by atoms with Crippen LogP contribution in [0.3, 0.4) is 0 Å². The summed E-state index contributed by atoms with van der Waals surface area (Å²) in [4.78, 5) is 13.4. The molecule has 1 unspecified atom stereocenters. The van der Waals surface area contributed by atoms with Crippen LogP contribution in [0.1, 0.15) is 32.6 Å². The van der Waals surface area contributed by atoms with Crippen LogP contribution in [-0.2, 0) is 4.79 Å². The summed E-state index contributed by atoms with van der Waals surface area (Å²) in [5.41, 5.74) is 5.53. The average molecular weight is 184 g/mol. The lowest BCUT2D eigenvalue weighted by Crippen LogP contribution is -2.27. The van der Waals surface area contributed by atoms with Gasteiger partial charge in [-0.25, -0.2) is 0 Å². The fourth-order valence-corrected chi connectivity index (χ4v) is 1.78. The van der Waals surface area contributed by atoms with Gasteiger partial charge in [0.2, 0.25) is 5.91 Å². The first-order valence-electron chi connectivity index (χ1n) is 5.25. The second-order valence-corrected chi connectivity index (χ2v) is 3.85. The summed E-state index contributed by atoms with van der Waals surface area (Å²) in [6, 6.07) is 0. The van der Waals surface area contributed by atoms with Crippen molar-refractivity contribution in [3.8, 4) is 0 Å². The molecule has 1 heterocycles. The molecule has 0 aromatic carbocycles. The molecule has 0 aliphatic carbocycles. The molecule has 1 saturated heterocycles. The van der Waals surface area contributed by atoms with Crippen LogP contribution < -0.4 is 5.73 Å². The van der Waals surface area contributed by atoms with Gasteiger partial charge in [-0.15, -0.1) is 0 Å². The van der Waals surface area contributed by atoms with E-state index in [1.807, 2.05) is 4.90 Å². The zero-order chi connectivity index (χ0) is 9.68. The first kappa shape index (κ1) is 10.5. The Kier molecular flexibility index (Phi) is 4.22. The van der Waals surface area contributed by atoms with Crippen LogP contribution in [0.15, 0.2) is 0 Å². The topological polar surface area (TPSA) is 46.3 Å². The lowest BCUT2D eigenvalue weighted by Gasteiger charge is -2.15. The number of rotatable bonds is 5. The molecule has 0 aromatic rings. The van der Waals surface area contributed by atoms with Gasteiger partial charge in [0.15, 0.2) is 0 Å². The summed E-state index contributed by atoms with van der Waals surface area (Å²) < 4.78 is 0. The Balaban J connectivity index is 2.23. The Bertz CT molecular complexity index is 170. The van der Waals surface area contributed by atoms with Gasteiger partial charge in [-0.05, 0) is 18.9 Å². The van der Waals surface area contributed by atoms with E-state index in [0.29, 0.717) is 24.8 Å². The Labute approximate surface area is 80.3 Å². The number of carbonyl (C=O) groups is 1. The van der Waals surface area contributed by atoms with Crippen LogP contribution in [0.25, 0.3) is 0 Å². The van der Waals surface area contributed by atoms with Crippen LogP contribution in [-0.4, -0.2) is 30.4 Å². The maximum Gasteiger partial charge on any atom is 0.222 e. The van der Waals surface area contributed by atoms with Crippen LogP contribution in [0.4, 0.5) is 0 Å². The smallest absolute Gasteiger partial charge is 0.222 e. The van der Waals surface area contributed by atoms with Gasteiger partial charge in [0.05, 0.1) is 0 Å². The van der Waals surface area contributed by atoms with Crippen molar-refractivity contribution in [2.45, 2.75) is 32.6 Å². The molecule has 1 aliphatic rings. The van der Waals surface area contributed by atoms with Gasteiger partial charge in [-0.3, -0.25) is 4.79 Å². The second kappa shape index (κ2) is 5.22. The van der Waals surface area contributed by atoms with Gasteiger partial charge in [-0.2, -0.15) is 0 Å². The summed E-state index contributed by atoms with van der Waals surface area (Å²) in [6.45, 7) is 4.65. The lowest BCUT2D eigenvalue weighted by molar-refractivity contribution is -0.127. The van der Waals surface area contributed by atoms with Crippen molar-refractivity contribution in [1.82, 2.24) is 4.90 Å². The molecule has 1 atom stereocenters. The Hall–Kier alpha value is -0.570. The maximum absolute atomic E-state index is 11.4. The van der Waals surface area contributed by atoms with E-state index in [0.717, 1.165) is 19.5 Å². The molecule has 0 spiro atoms. The van der Waals surface area contributed by atoms with E-state index in [4.69, 9.17) is 5.73 Å². The molecule has 0 radical (unpaired) electrons. The number of carbonyl (C=O) groups excluding carboxylic acids is 1. The zero-order valence-corrected chi connectivity index (χ0v) is 8.46. The van der Waals surface area contributed by atoms with Crippen LogP contribution in [0.5, 0.6) is 0 Å². The van der Waals surface area contributed by atoms with E-state index in [9.17, 15) is 4.79 Å². The van der Waals surface area contributed by atoms with Crippen molar-refractivity contribution in [2.75, 3.05) is 19.6 Å². The molecule has 13 heavy (non-hydrogen) atoms. The van der Waals surface area contributed by atoms with E-state index >= 15 is 0 Å². The molecule has 1 amide bonds. The number of nitrogens with two attached hydrogens (primary N) is 1. The average Bonchev–Trinajstić information content (AvgIpc) is 2.48. The van der Waals surface area contributed by atoms with Crippen molar-refractivity contribution in [3.63, 3.8) is 0 Å². The van der Waals surface area contributed by atoms with E-state index < -0.39 is 0 Å². The Morgan fingerprint density at radius 3 is 2.85 bits per heavy atom. The lowest BCUT2D eigenvalue weighted by atomic mass is 10.1. The first-order valence-corrected chi connectivity index (χ1v) is 5.25. The summed E-state index contributed by atoms with van der Waals surface area (Å²) in [6.07, 6.45) is 4.24. The van der Waals surface area contributed by atoms with Gasteiger partial charge in [0.1, 0.15) is 0 Å². The molecule has 1 rings (SSSR count). The fraction of sp³-hybridized carbons (Fsp3) is 0.900. The minimum absolute atomic E-state index is 0.298. The van der Waals surface area contributed by atoms with Crippen molar-refractivity contribution < 1.29 is 4.79 Å². The van der Waals surface area contributed by atoms with Crippen LogP contribution >= 0.6 is 0 Å². The van der Waals surface area contributed by atoms with E-state index in [1.54, 1.807) is 0 Å². The maximum atomic E-state index is 11.4.